The van der Waals surface area contributed by atoms with Crippen molar-refractivity contribution in [1.29, 1.82) is 0 Å². The number of rotatable bonds is 1. The molecular formula is C17H18O. The Kier molecular flexibility index (Phi) is 2.09. The third kappa shape index (κ3) is 1.20. The molecule has 3 aliphatic carbocycles. The number of carbonyl (C=O) groups excluding carboxylic acids is 1. The van der Waals surface area contributed by atoms with Crippen LogP contribution in [0.5, 0.6) is 0 Å². The van der Waals surface area contributed by atoms with Gasteiger partial charge in [-0.15, -0.1) is 0 Å². The predicted octanol–water partition coefficient (Wildman–Crippen LogP) is 3.71. The van der Waals surface area contributed by atoms with Gasteiger partial charge in [0, 0.05) is 11.5 Å². The molecule has 1 heteroatoms. The number of carbonyl (C=O) groups is 1. The van der Waals surface area contributed by atoms with Crippen molar-refractivity contribution in [3.8, 4) is 0 Å². The minimum absolute atomic E-state index is 0.332. The number of fused-ring (bicyclic) bond motifs is 5. The van der Waals surface area contributed by atoms with Crippen LogP contribution >= 0.6 is 0 Å². The Morgan fingerprint density at radius 1 is 1.00 bits per heavy atom. The zero-order valence-electron chi connectivity index (χ0n) is 10.7. The molecule has 92 valence electrons. The number of ketones is 1. The molecule has 0 heterocycles. The van der Waals surface area contributed by atoms with Crippen LogP contribution in [0.15, 0.2) is 35.9 Å². The second-order valence-electron chi connectivity index (χ2n) is 6.17. The van der Waals surface area contributed by atoms with Crippen LogP contribution in [0.3, 0.4) is 0 Å². The lowest BCUT2D eigenvalue weighted by Crippen LogP contribution is -2.24. The van der Waals surface area contributed by atoms with E-state index in [1.54, 1.807) is 0 Å². The lowest BCUT2D eigenvalue weighted by atomic mass is 9.79. The van der Waals surface area contributed by atoms with Gasteiger partial charge in [-0.25, -0.2) is 0 Å². The quantitative estimate of drug-likeness (QED) is 0.729. The van der Waals surface area contributed by atoms with Gasteiger partial charge in [0.1, 0.15) is 0 Å². The van der Waals surface area contributed by atoms with Gasteiger partial charge in [0.25, 0.3) is 0 Å². The molecule has 0 aliphatic heterocycles. The number of Topliss-reactive ketones (excluding diaryl/α,β-unsaturated/α-hetero) is 1. The van der Waals surface area contributed by atoms with E-state index >= 15 is 0 Å². The van der Waals surface area contributed by atoms with E-state index in [1.807, 2.05) is 18.2 Å². The number of hydrogen-bond acceptors (Lipinski definition) is 1. The molecule has 1 aromatic rings. The van der Waals surface area contributed by atoms with Crippen LogP contribution in [0.2, 0.25) is 0 Å². The second-order valence-corrected chi connectivity index (χ2v) is 6.17. The molecule has 0 saturated heterocycles. The summed E-state index contributed by atoms with van der Waals surface area (Å²) in [5, 5.41) is 0. The Bertz CT molecular complexity index is 540. The lowest BCUT2D eigenvalue weighted by molar-refractivity contribution is -0.118. The minimum atomic E-state index is 0.332. The Morgan fingerprint density at radius 3 is 2.33 bits per heavy atom. The van der Waals surface area contributed by atoms with E-state index < -0.39 is 0 Å². The molecule has 0 N–H and O–H groups in total. The van der Waals surface area contributed by atoms with E-state index in [1.165, 1.54) is 24.8 Å². The summed E-state index contributed by atoms with van der Waals surface area (Å²) in [6, 6.07) is 10.2. The van der Waals surface area contributed by atoms with Crippen molar-refractivity contribution in [2.75, 3.05) is 0 Å². The van der Waals surface area contributed by atoms with Crippen LogP contribution in [0.1, 0.15) is 31.7 Å². The molecule has 2 fully saturated rings. The fraction of sp³-hybridized carbons (Fsp3) is 0.471. The fourth-order valence-electron chi connectivity index (χ4n) is 4.79. The maximum Gasteiger partial charge on any atom is 0.167 e. The van der Waals surface area contributed by atoms with Crippen molar-refractivity contribution in [1.82, 2.24) is 0 Å². The summed E-state index contributed by atoms with van der Waals surface area (Å²) in [5.41, 5.74) is 3.56. The first-order valence-electron chi connectivity index (χ1n) is 7.08. The third-order valence-electron chi connectivity index (χ3n) is 5.42. The van der Waals surface area contributed by atoms with Gasteiger partial charge >= 0.3 is 0 Å². The van der Waals surface area contributed by atoms with Crippen LogP contribution in [0.25, 0.3) is 5.57 Å². The van der Waals surface area contributed by atoms with Crippen molar-refractivity contribution < 1.29 is 4.79 Å². The highest BCUT2D eigenvalue weighted by molar-refractivity contribution is 6.25. The molecule has 0 aromatic heterocycles. The van der Waals surface area contributed by atoms with Crippen molar-refractivity contribution in [2.24, 2.45) is 23.7 Å². The van der Waals surface area contributed by atoms with Crippen LogP contribution in [-0.2, 0) is 4.79 Å². The van der Waals surface area contributed by atoms with Gasteiger partial charge in [-0.2, -0.15) is 0 Å². The smallest absolute Gasteiger partial charge is 0.167 e. The molecule has 0 unspecified atom stereocenters. The van der Waals surface area contributed by atoms with Gasteiger partial charge in [0.2, 0.25) is 0 Å². The Morgan fingerprint density at radius 2 is 1.67 bits per heavy atom. The monoisotopic (exact) mass is 238 g/mol. The SMILES string of the molecule is CC1=C(c2ccccc2)C(=O)[C@H]2[C@@H]3CC[C@@H](C3)[C@@H]12. The summed E-state index contributed by atoms with van der Waals surface area (Å²) < 4.78 is 0. The van der Waals surface area contributed by atoms with E-state index in [4.69, 9.17) is 0 Å². The molecular weight excluding hydrogens is 220 g/mol. The summed E-state index contributed by atoms with van der Waals surface area (Å²) in [5.74, 6) is 2.83. The summed E-state index contributed by atoms with van der Waals surface area (Å²) in [6.07, 6.45) is 3.94. The van der Waals surface area contributed by atoms with Gasteiger partial charge in [0.05, 0.1) is 0 Å². The van der Waals surface area contributed by atoms with E-state index in [0.29, 0.717) is 23.5 Å². The molecule has 4 rings (SSSR count). The summed E-state index contributed by atoms with van der Waals surface area (Å²) in [7, 11) is 0. The standard InChI is InChI=1S/C17H18O/c1-10-14-12-7-8-13(9-12)16(14)17(18)15(10)11-5-3-2-4-6-11/h2-6,12-14,16H,7-9H2,1H3/t12-,13+,14+,16-/m0/s1. The third-order valence-corrected chi connectivity index (χ3v) is 5.42. The van der Waals surface area contributed by atoms with Gasteiger partial charge in [-0.3, -0.25) is 4.79 Å². The number of hydrogen-bond donors (Lipinski definition) is 0. The van der Waals surface area contributed by atoms with Crippen molar-refractivity contribution in [2.45, 2.75) is 26.2 Å². The average Bonchev–Trinajstić information content (AvgIpc) is 3.05. The van der Waals surface area contributed by atoms with Gasteiger partial charge in [0.15, 0.2) is 5.78 Å². The van der Waals surface area contributed by atoms with Crippen molar-refractivity contribution >= 4 is 11.4 Å². The molecule has 4 atom stereocenters. The molecule has 18 heavy (non-hydrogen) atoms. The van der Waals surface area contributed by atoms with Gasteiger partial charge < -0.3 is 0 Å². The Labute approximate surface area is 108 Å². The maximum atomic E-state index is 12.7. The molecule has 2 saturated carbocycles. The summed E-state index contributed by atoms with van der Waals surface area (Å²) in [4.78, 5) is 12.7. The van der Waals surface area contributed by atoms with Gasteiger partial charge in [-0.1, -0.05) is 35.9 Å². The first kappa shape index (κ1) is 10.5. The van der Waals surface area contributed by atoms with Gasteiger partial charge in [-0.05, 0) is 49.5 Å². The number of benzene rings is 1. The van der Waals surface area contributed by atoms with E-state index in [2.05, 4.69) is 19.1 Å². The topological polar surface area (TPSA) is 17.1 Å². The summed E-state index contributed by atoms with van der Waals surface area (Å²) in [6.45, 7) is 2.20. The van der Waals surface area contributed by atoms with Crippen molar-refractivity contribution in [3.63, 3.8) is 0 Å². The zero-order valence-corrected chi connectivity index (χ0v) is 10.7. The largest absolute Gasteiger partial charge is 0.294 e. The highest BCUT2D eigenvalue weighted by Gasteiger charge is 2.55. The second kappa shape index (κ2) is 3.57. The molecule has 0 radical (unpaired) electrons. The highest BCUT2D eigenvalue weighted by Crippen LogP contribution is 2.60. The number of allylic oxidation sites excluding steroid dienone is 2. The normalized spacial score (nSPS) is 37.5. The fourth-order valence-corrected chi connectivity index (χ4v) is 4.79. The summed E-state index contributed by atoms with van der Waals surface area (Å²) >= 11 is 0. The van der Waals surface area contributed by atoms with E-state index in [9.17, 15) is 4.79 Å². The average molecular weight is 238 g/mol. The van der Waals surface area contributed by atoms with Crippen LogP contribution < -0.4 is 0 Å². The zero-order chi connectivity index (χ0) is 12.3. The molecule has 1 aromatic carbocycles. The Hall–Kier alpha value is -1.37. The van der Waals surface area contributed by atoms with E-state index in [0.717, 1.165) is 17.1 Å². The van der Waals surface area contributed by atoms with Crippen molar-refractivity contribution in [3.05, 3.63) is 41.5 Å². The van der Waals surface area contributed by atoms with Crippen LogP contribution in [-0.4, -0.2) is 5.78 Å². The first-order chi connectivity index (χ1) is 8.77. The minimum Gasteiger partial charge on any atom is -0.294 e. The predicted molar refractivity (Wildman–Crippen MR) is 71.9 cm³/mol. The molecule has 3 aliphatic rings. The van der Waals surface area contributed by atoms with Crippen LogP contribution in [0.4, 0.5) is 0 Å². The lowest BCUT2D eigenvalue weighted by Gasteiger charge is -2.24. The molecule has 0 amide bonds. The molecule has 0 spiro atoms. The Balaban J connectivity index is 1.83. The first-order valence-corrected chi connectivity index (χ1v) is 7.08. The maximum absolute atomic E-state index is 12.7. The van der Waals surface area contributed by atoms with E-state index in [-0.39, 0.29) is 0 Å². The molecule has 1 nitrogen and oxygen atoms in total. The highest BCUT2D eigenvalue weighted by atomic mass is 16.1. The molecule has 2 bridgehead atoms. The van der Waals surface area contributed by atoms with Crippen LogP contribution in [0, 0.1) is 23.7 Å².